The average molecular weight is 185 g/mol. The lowest BCUT2D eigenvalue weighted by atomic mass is 10.4. The summed E-state index contributed by atoms with van der Waals surface area (Å²) in [7, 11) is 0. The van der Waals surface area contributed by atoms with Crippen LogP contribution in [-0.4, -0.2) is 26.4 Å². The maximum absolute atomic E-state index is 10.4. The molecule has 0 radical (unpaired) electrons. The van der Waals surface area contributed by atoms with Crippen molar-refractivity contribution in [2.75, 3.05) is 6.61 Å². The first-order valence-corrected chi connectivity index (χ1v) is 3.87. The molecule has 72 valence electrons. The molecule has 1 aromatic heterocycles. The summed E-state index contributed by atoms with van der Waals surface area (Å²) in [5.41, 5.74) is 0.352. The number of nitrogens with zero attached hydrogens (tertiary/aromatic N) is 3. The molecule has 1 atom stereocenters. The van der Waals surface area contributed by atoms with Crippen LogP contribution in [0.2, 0.25) is 0 Å². The van der Waals surface area contributed by atoms with Crippen molar-refractivity contribution in [2.45, 2.75) is 19.9 Å². The molecule has 1 rings (SSSR count). The molecular weight excluding hydrogens is 174 g/mol. The van der Waals surface area contributed by atoms with E-state index >= 15 is 0 Å². The summed E-state index contributed by atoms with van der Waals surface area (Å²) in [5.74, 6) is 0. The lowest BCUT2D eigenvalue weighted by Crippen LogP contribution is -2.09. The van der Waals surface area contributed by atoms with Gasteiger partial charge >= 0.3 is 5.69 Å². The zero-order valence-corrected chi connectivity index (χ0v) is 7.47. The fraction of sp³-hybridized carbons (Fsp3) is 0.571. The monoisotopic (exact) mass is 185 g/mol. The van der Waals surface area contributed by atoms with Crippen molar-refractivity contribution >= 4 is 5.69 Å². The number of hydrogen-bond acceptors (Lipinski definition) is 4. The van der Waals surface area contributed by atoms with Crippen LogP contribution in [0.15, 0.2) is 6.20 Å². The van der Waals surface area contributed by atoms with E-state index in [0.717, 1.165) is 0 Å². The van der Waals surface area contributed by atoms with Crippen molar-refractivity contribution in [3.8, 4) is 0 Å². The number of nitro groups is 1. The topological polar surface area (TPSA) is 81.2 Å². The van der Waals surface area contributed by atoms with E-state index in [1.54, 1.807) is 13.8 Å². The quantitative estimate of drug-likeness (QED) is 0.553. The fourth-order valence-electron chi connectivity index (χ4n) is 0.961. The number of aliphatic hydroxyl groups is 1. The molecule has 0 aliphatic rings. The Balaban J connectivity index is 3.01. The Labute approximate surface area is 74.9 Å². The maximum Gasteiger partial charge on any atom is 0.309 e. The molecule has 0 bridgehead atoms. The number of rotatable bonds is 3. The molecule has 1 heterocycles. The van der Waals surface area contributed by atoms with Gasteiger partial charge in [-0.2, -0.15) is 5.10 Å². The molecule has 0 aromatic carbocycles. The van der Waals surface area contributed by atoms with E-state index in [1.807, 2.05) is 0 Å². The zero-order chi connectivity index (χ0) is 10.0. The summed E-state index contributed by atoms with van der Waals surface area (Å²) >= 11 is 0. The van der Waals surface area contributed by atoms with Crippen LogP contribution in [0.4, 0.5) is 5.69 Å². The SMILES string of the molecule is Cc1nn(C(C)CO)cc1[N+](=O)[O-]. The highest BCUT2D eigenvalue weighted by Gasteiger charge is 2.17. The van der Waals surface area contributed by atoms with E-state index in [2.05, 4.69) is 5.10 Å². The third-order valence-corrected chi connectivity index (χ3v) is 1.80. The van der Waals surface area contributed by atoms with E-state index in [1.165, 1.54) is 10.9 Å². The van der Waals surface area contributed by atoms with Crippen LogP contribution < -0.4 is 0 Å². The lowest BCUT2D eigenvalue weighted by Gasteiger charge is -2.05. The third-order valence-electron chi connectivity index (χ3n) is 1.80. The highest BCUT2D eigenvalue weighted by molar-refractivity contribution is 5.31. The van der Waals surface area contributed by atoms with Crippen molar-refractivity contribution in [3.63, 3.8) is 0 Å². The summed E-state index contributed by atoms with van der Waals surface area (Å²) in [6.45, 7) is 3.22. The molecule has 0 saturated heterocycles. The average Bonchev–Trinajstić information content (AvgIpc) is 2.46. The molecule has 6 heteroatoms. The van der Waals surface area contributed by atoms with Crippen molar-refractivity contribution in [3.05, 3.63) is 22.0 Å². The Bertz CT molecular complexity index is 321. The van der Waals surface area contributed by atoms with Crippen LogP contribution in [0.5, 0.6) is 0 Å². The van der Waals surface area contributed by atoms with Crippen LogP contribution >= 0.6 is 0 Å². The summed E-state index contributed by atoms with van der Waals surface area (Å²) < 4.78 is 1.40. The van der Waals surface area contributed by atoms with Crippen molar-refractivity contribution in [2.24, 2.45) is 0 Å². The number of aromatic nitrogens is 2. The van der Waals surface area contributed by atoms with Gasteiger partial charge in [0.05, 0.1) is 17.6 Å². The Hall–Kier alpha value is -1.43. The van der Waals surface area contributed by atoms with Gasteiger partial charge in [-0.15, -0.1) is 0 Å². The minimum Gasteiger partial charge on any atom is -0.394 e. The van der Waals surface area contributed by atoms with Gasteiger partial charge in [-0.1, -0.05) is 0 Å². The van der Waals surface area contributed by atoms with Crippen molar-refractivity contribution in [1.82, 2.24) is 9.78 Å². The molecule has 0 aliphatic carbocycles. The predicted octanol–water partition coefficient (Wildman–Crippen LogP) is 0.653. The summed E-state index contributed by atoms with van der Waals surface area (Å²) in [6.07, 6.45) is 1.33. The lowest BCUT2D eigenvalue weighted by molar-refractivity contribution is -0.385. The predicted molar refractivity (Wildman–Crippen MR) is 45.4 cm³/mol. The normalized spacial score (nSPS) is 12.8. The molecule has 6 nitrogen and oxygen atoms in total. The summed E-state index contributed by atoms with van der Waals surface area (Å²) in [5, 5.41) is 23.1. The maximum atomic E-state index is 10.4. The second kappa shape index (κ2) is 3.53. The van der Waals surface area contributed by atoms with E-state index in [9.17, 15) is 10.1 Å². The highest BCUT2D eigenvalue weighted by Crippen LogP contribution is 2.17. The van der Waals surface area contributed by atoms with Gasteiger partial charge in [-0.05, 0) is 13.8 Å². The van der Waals surface area contributed by atoms with Gasteiger partial charge in [-0.3, -0.25) is 14.8 Å². The molecule has 13 heavy (non-hydrogen) atoms. The Morgan fingerprint density at radius 2 is 2.46 bits per heavy atom. The minimum atomic E-state index is -0.483. The van der Waals surface area contributed by atoms with Crippen LogP contribution in [0.25, 0.3) is 0 Å². The molecule has 0 fully saturated rings. The van der Waals surface area contributed by atoms with Gasteiger partial charge in [0.2, 0.25) is 0 Å². The van der Waals surface area contributed by atoms with Gasteiger partial charge in [0.1, 0.15) is 11.9 Å². The molecule has 0 spiro atoms. The van der Waals surface area contributed by atoms with Crippen LogP contribution in [0, 0.1) is 17.0 Å². The van der Waals surface area contributed by atoms with Crippen LogP contribution in [0.1, 0.15) is 18.7 Å². The van der Waals surface area contributed by atoms with Crippen molar-refractivity contribution < 1.29 is 10.0 Å². The molecule has 1 aromatic rings. The molecular formula is C7H11N3O3. The van der Waals surface area contributed by atoms with Gasteiger partial charge in [-0.25, -0.2) is 0 Å². The largest absolute Gasteiger partial charge is 0.394 e. The van der Waals surface area contributed by atoms with E-state index in [0.29, 0.717) is 5.69 Å². The van der Waals surface area contributed by atoms with Crippen LogP contribution in [-0.2, 0) is 0 Å². The number of aryl methyl sites for hydroxylation is 1. The standard InChI is InChI=1S/C7H11N3O3/c1-5(4-11)9-3-7(10(12)13)6(2)8-9/h3,5,11H,4H2,1-2H3. The molecule has 0 amide bonds. The zero-order valence-electron chi connectivity index (χ0n) is 7.47. The van der Waals surface area contributed by atoms with Crippen LogP contribution in [0.3, 0.4) is 0 Å². The second-order valence-electron chi connectivity index (χ2n) is 2.87. The van der Waals surface area contributed by atoms with Crippen molar-refractivity contribution in [1.29, 1.82) is 0 Å². The highest BCUT2D eigenvalue weighted by atomic mass is 16.6. The summed E-state index contributed by atoms with van der Waals surface area (Å²) in [4.78, 5) is 9.95. The summed E-state index contributed by atoms with van der Waals surface area (Å²) in [6, 6.07) is -0.229. The number of aliphatic hydroxyl groups excluding tert-OH is 1. The first kappa shape index (κ1) is 9.66. The molecule has 1 N–H and O–H groups in total. The Morgan fingerprint density at radius 1 is 1.85 bits per heavy atom. The second-order valence-corrected chi connectivity index (χ2v) is 2.87. The first-order valence-electron chi connectivity index (χ1n) is 3.87. The Kier molecular flexibility index (Phi) is 2.62. The van der Waals surface area contributed by atoms with E-state index < -0.39 is 4.92 Å². The minimum absolute atomic E-state index is 0.0136. The molecule has 0 saturated carbocycles. The third kappa shape index (κ3) is 1.83. The van der Waals surface area contributed by atoms with E-state index in [-0.39, 0.29) is 18.3 Å². The fourth-order valence-corrected chi connectivity index (χ4v) is 0.961. The number of hydrogen-bond donors (Lipinski definition) is 1. The van der Waals surface area contributed by atoms with Gasteiger partial charge in [0.25, 0.3) is 0 Å². The van der Waals surface area contributed by atoms with Gasteiger partial charge in [0, 0.05) is 0 Å². The van der Waals surface area contributed by atoms with Gasteiger partial charge in [0.15, 0.2) is 0 Å². The molecule has 1 unspecified atom stereocenters. The smallest absolute Gasteiger partial charge is 0.309 e. The molecule has 0 aliphatic heterocycles. The van der Waals surface area contributed by atoms with Gasteiger partial charge < -0.3 is 5.11 Å². The van der Waals surface area contributed by atoms with E-state index in [4.69, 9.17) is 5.11 Å². The first-order chi connectivity index (χ1) is 6.06. The Morgan fingerprint density at radius 3 is 2.85 bits per heavy atom.